The highest BCUT2D eigenvalue weighted by molar-refractivity contribution is 9.10. The number of nitrogens with one attached hydrogen (secondary N) is 1. The molecule has 0 saturated heterocycles. The molecule has 1 heterocycles. The number of hydrogen-bond donors (Lipinski definition) is 1. The lowest BCUT2D eigenvalue weighted by Crippen LogP contribution is -2.24. The Hall–Kier alpha value is -1.26. The van der Waals surface area contributed by atoms with E-state index < -0.39 is 0 Å². The lowest BCUT2D eigenvalue weighted by atomic mass is 10.0. The maximum Gasteiger partial charge on any atom is 0.127 e. The van der Waals surface area contributed by atoms with Gasteiger partial charge < -0.3 is 5.32 Å². The van der Waals surface area contributed by atoms with Crippen molar-refractivity contribution in [3.8, 4) is 0 Å². The zero-order chi connectivity index (χ0) is 13.7. The van der Waals surface area contributed by atoms with E-state index in [4.69, 9.17) is 0 Å². The van der Waals surface area contributed by atoms with Gasteiger partial charge in [-0.05, 0) is 42.8 Å². The van der Waals surface area contributed by atoms with Crippen LogP contribution in [-0.4, -0.2) is 11.5 Å². The Labute approximate surface area is 121 Å². The number of hydrogen-bond acceptors (Lipinski definition) is 2. The minimum atomic E-state index is -0.187. The van der Waals surface area contributed by atoms with Gasteiger partial charge in [0.25, 0.3) is 0 Å². The van der Waals surface area contributed by atoms with Crippen molar-refractivity contribution in [2.24, 2.45) is 0 Å². The molecule has 0 saturated carbocycles. The number of aromatic nitrogens is 1. The van der Waals surface area contributed by atoms with Crippen LogP contribution in [0.5, 0.6) is 0 Å². The first-order valence-electron chi connectivity index (χ1n) is 6.29. The fourth-order valence-electron chi connectivity index (χ4n) is 2.02. The SMILES string of the molecule is CCNC(Cc1ccc(Br)cc1F)c1ccccn1. The minimum absolute atomic E-state index is 0.0295. The molecule has 1 N–H and O–H groups in total. The Balaban J connectivity index is 2.21. The van der Waals surface area contributed by atoms with Gasteiger partial charge >= 0.3 is 0 Å². The summed E-state index contributed by atoms with van der Waals surface area (Å²) in [4.78, 5) is 4.35. The summed E-state index contributed by atoms with van der Waals surface area (Å²) in [5.41, 5.74) is 1.63. The van der Waals surface area contributed by atoms with Crippen LogP contribution in [0.4, 0.5) is 4.39 Å². The van der Waals surface area contributed by atoms with E-state index in [-0.39, 0.29) is 11.9 Å². The molecule has 1 unspecified atom stereocenters. The molecule has 0 aliphatic rings. The van der Waals surface area contributed by atoms with Gasteiger partial charge in [-0.1, -0.05) is 35.0 Å². The van der Waals surface area contributed by atoms with E-state index in [0.29, 0.717) is 12.0 Å². The Morgan fingerprint density at radius 2 is 2.16 bits per heavy atom. The van der Waals surface area contributed by atoms with E-state index in [1.54, 1.807) is 6.20 Å². The van der Waals surface area contributed by atoms with Gasteiger partial charge in [0.05, 0.1) is 11.7 Å². The molecular formula is C15H16BrFN2. The van der Waals surface area contributed by atoms with Crippen LogP contribution in [0, 0.1) is 5.82 Å². The Morgan fingerprint density at radius 1 is 1.32 bits per heavy atom. The molecule has 0 aliphatic carbocycles. The monoisotopic (exact) mass is 322 g/mol. The predicted octanol–water partition coefficient (Wildman–Crippen LogP) is 3.88. The highest BCUT2D eigenvalue weighted by atomic mass is 79.9. The number of halogens is 2. The first kappa shape index (κ1) is 14.2. The maximum absolute atomic E-state index is 13.9. The fourth-order valence-corrected chi connectivity index (χ4v) is 2.35. The van der Waals surface area contributed by atoms with Gasteiger partial charge in [0.2, 0.25) is 0 Å². The van der Waals surface area contributed by atoms with E-state index in [0.717, 1.165) is 16.7 Å². The van der Waals surface area contributed by atoms with Crippen molar-refractivity contribution in [3.63, 3.8) is 0 Å². The summed E-state index contributed by atoms with van der Waals surface area (Å²) in [5.74, 6) is -0.187. The quantitative estimate of drug-likeness (QED) is 0.903. The van der Waals surface area contributed by atoms with E-state index in [1.165, 1.54) is 6.07 Å². The second kappa shape index (κ2) is 6.78. The molecular weight excluding hydrogens is 307 g/mol. The average molecular weight is 323 g/mol. The van der Waals surface area contributed by atoms with Gasteiger partial charge in [-0.2, -0.15) is 0 Å². The molecule has 1 atom stereocenters. The second-order valence-electron chi connectivity index (χ2n) is 4.30. The number of pyridine rings is 1. The second-order valence-corrected chi connectivity index (χ2v) is 5.22. The maximum atomic E-state index is 13.9. The third kappa shape index (κ3) is 3.85. The fraction of sp³-hybridized carbons (Fsp3) is 0.267. The van der Waals surface area contributed by atoms with Crippen LogP contribution in [0.3, 0.4) is 0 Å². The molecule has 100 valence electrons. The summed E-state index contributed by atoms with van der Waals surface area (Å²) >= 11 is 3.27. The van der Waals surface area contributed by atoms with Gasteiger partial charge in [-0.3, -0.25) is 4.98 Å². The minimum Gasteiger partial charge on any atom is -0.309 e. The summed E-state index contributed by atoms with van der Waals surface area (Å²) in [6, 6.07) is 11.0. The van der Waals surface area contributed by atoms with Crippen molar-refractivity contribution in [1.82, 2.24) is 10.3 Å². The smallest absolute Gasteiger partial charge is 0.127 e. The third-order valence-electron chi connectivity index (χ3n) is 2.93. The number of nitrogens with zero attached hydrogens (tertiary/aromatic N) is 1. The Bertz CT molecular complexity index is 531. The zero-order valence-electron chi connectivity index (χ0n) is 10.7. The molecule has 0 bridgehead atoms. The average Bonchev–Trinajstić information content (AvgIpc) is 2.42. The van der Waals surface area contributed by atoms with Crippen molar-refractivity contribution in [2.45, 2.75) is 19.4 Å². The molecule has 0 amide bonds. The van der Waals surface area contributed by atoms with Crippen molar-refractivity contribution in [1.29, 1.82) is 0 Å². The van der Waals surface area contributed by atoms with E-state index in [2.05, 4.69) is 26.2 Å². The van der Waals surface area contributed by atoms with Crippen molar-refractivity contribution >= 4 is 15.9 Å². The molecule has 4 heteroatoms. The zero-order valence-corrected chi connectivity index (χ0v) is 12.3. The molecule has 0 radical (unpaired) electrons. The lowest BCUT2D eigenvalue weighted by molar-refractivity contribution is 0.517. The standard InChI is InChI=1S/C15H16BrFN2/c1-2-18-15(14-5-3-4-8-19-14)9-11-6-7-12(16)10-13(11)17/h3-8,10,15,18H,2,9H2,1H3. The van der Waals surface area contributed by atoms with Crippen molar-refractivity contribution < 1.29 is 4.39 Å². The summed E-state index contributed by atoms with van der Waals surface area (Å²) in [6.45, 7) is 2.85. The molecule has 0 spiro atoms. The third-order valence-corrected chi connectivity index (χ3v) is 3.43. The van der Waals surface area contributed by atoms with Gasteiger partial charge in [-0.25, -0.2) is 4.39 Å². The molecule has 19 heavy (non-hydrogen) atoms. The van der Waals surface area contributed by atoms with Gasteiger partial charge in [0, 0.05) is 10.7 Å². The molecule has 2 aromatic rings. The van der Waals surface area contributed by atoms with Crippen LogP contribution in [-0.2, 0) is 6.42 Å². The Morgan fingerprint density at radius 3 is 2.79 bits per heavy atom. The first-order chi connectivity index (χ1) is 9.20. The number of rotatable bonds is 5. The van der Waals surface area contributed by atoms with Gasteiger partial charge in [0.1, 0.15) is 5.82 Å². The van der Waals surface area contributed by atoms with E-state index >= 15 is 0 Å². The number of benzene rings is 1. The van der Waals surface area contributed by atoms with E-state index in [1.807, 2.05) is 37.3 Å². The topological polar surface area (TPSA) is 24.9 Å². The molecule has 1 aromatic heterocycles. The van der Waals surface area contributed by atoms with E-state index in [9.17, 15) is 4.39 Å². The van der Waals surface area contributed by atoms with Crippen LogP contribution in [0.1, 0.15) is 24.2 Å². The first-order valence-corrected chi connectivity index (χ1v) is 7.08. The van der Waals surface area contributed by atoms with Gasteiger partial charge in [0.15, 0.2) is 0 Å². The van der Waals surface area contributed by atoms with Crippen LogP contribution < -0.4 is 5.32 Å². The Kier molecular flexibility index (Phi) is 5.05. The molecule has 1 aromatic carbocycles. The highest BCUT2D eigenvalue weighted by Crippen LogP contribution is 2.21. The lowest BCUT2D eigenvalue weighted by Gasteiger charge is -2.17. The van der Waals surface area contributed by atoms with Crippen LogP contribution >= 0.6 is 15.9 Å². The molecule has 0 aliphatic heterocycles. The highest BCUT2D eigenvalue weighted by Gasteiger charge is 2.14. The summed E-state index contributed by atoms with van der Waals surface area (Å²) < 4.78 is 14.6. The van der Waals surface area contributed by atoms with Gasteiger partial charge in [-0.15, -0.1) is 0 Å². The van der Waals surface area contributed by atoms with Crippen LogP contribution in [0.25, 0.3) is 0 Å². The summed E-state index contributed by atoms with van der Waals surface area (Å²) in [7, 11) is 0. The predicted molar refractivity (Wildman–Crippen MR) is 78.5 cm³/mol. The summed E-state index contributed by atoms with van der Waals surface area (Å²) in [6.07, 6.45) is 2.35. The van der Waals surface area contributed by atoms with Crippen molar-refractivity contribution in [3.05, 3.63) is 64.1 Å². The molecule has 2 rings (SSSR count). The summed E-state index contributed by atoms with van der Waals surface area (Å²) in [5, 5.41) is 3.35. The normalized spacial score (nSPS) is 12.4. The molecule has 0 fully saturated rings. The largest absolute Gasteiger partial charge is 0.309 e. The number of likely N-dealkylation sites (N-methyl/N-ethyl adjacent to an activating group) is 1. The van der Waals surface area contributed by atoms with Crippen LogP contribution in [0.15, 0.2) is 47.1 Å². The van der Waals surface area contributed by atoms with Crippen molar-refractivity contribution in [2.75, 3.05) is 6.54 Å². The molecule has 2 nitrogen and oxygen atoms in total. The van der Waals surface area contributed by atoms with Crippen LogP contribution in [0.2, 0.25) is 0 Å².